The third-order valence-corrected chi connectivity index (χ3v) is 8.43. The van der Waals surface area contributed by atoms with E-state index in [0.29, 0.717) is 0 Å². The van der Waals surface area contributed by atoms with Crippen molar-refractivity contribution in [3.05, 3.63) is 43.8 Å². The van der Waals surface area contributed by atoms with E-state index >= 15 is 0 Å². The molecular formula is C27H42N10S2. The van der Waals surface area contributed by atoms with Gasteiger partial charge in [0, 0.05) is 73.8 Å². The maximum atomic E-state index is 4.91. The van der Waals surface area contributed by atoms with Crippen LogP contribution in [-0.2, 0) is 12.8 Å². The molecule has 39 heavy (non-hydrogen) atoms. The van der Waals surface area contributed by atoms with Gasteiger partial charge in [-0.3, -0.25) is 10.6 Å². The van der Waals surface area contributed by atoms with Gasteiger partial charge in [0.25, 0.3) is 0 Å². The number of hydrogen-bond acceptors (Lipinski definition) is 12. The van der Waals surface area contributed by atoms with E-state index < -0.39 is 0 Å². The van der Waals surface area contributed by atoms with Crippen LogP contribution in [0.25, 0.3) is 0 Å². The lowest BCUT2D eigenvalue weighted by Crippen LogP contribution is -2.52. The van der Waals surface area contributed by atoms with Gasteiger partial charge < -0.3 is 20.0 Å². The van der Waals surface area contributed by atoms with Crippen molar-refractivity contribution in [2.45, 2.75) is 52.4 Å². The molecule has 12 heteroatoms. The molecule has 3 N–H and O–H groups in total. The van der Waals surface area contributed by atoms with Gasteiger partial charge in [-0.25, -0.2) is 20.0 Å². The van der Waals surface area contributed by atoms with E-state index in [1.54, 1.807) is 0 Å². The molecule has 0 aliphatic carbocycles. The van der Waals surface area contributed by atoms with Crippen LogP contribution >= 0.6 is 22.7 Å². The van der Waals surface area contributed by atoms with Crippen LogP contribution in [0.3, 0.4) is 0 Å². The fourth-order valence-electron chi connectivity index (χ4n) is 4.25. The number of aryl methyl sites for hydroxylation is 2. The van der Waals surface area contributed by atoms with E-state index in [-0.39, 0.29) is 12.3 Å². The van der Waals surface area contributed by atoms with Crippen LogP contribution in [0.15, 0.2) is 44.2 Å². The highest BCUT2D eigenvalue weighted by Crippen LogP contribution is 2.18. The lowest BCUT2D eigenvalue weighted by molar-refractivity contribution is 0.380. The highest BCUT2D eigenvalue weighted by Gasteiger charge is 2.23. The first-order valence-electron chi connectivity index (χ1n) is 13.5. The average Bonchev–Trinajstić information content (AvgIpc) is 3.50. The van der Waals surface area contributed by atoms with Gasteiger partial charge in [-0.1, -0.05) is 0 Å². The topological polar surface area (TPSA) is 95.2 Å². The molecule has 4 rings (SSSR count). The fourth-order valence-corrected chi connectivity index (χ4v) is 6.02. The average molecular weight is 571 g/mol. The number of rotatable bonds is 9. The van der Waals surface area contributed by atoms with Gasteiger partial charge in [0.15, 0.2) is 5.96 Å². The van der Waals surface area contributed by atoms with Crippen LogP contribution in [0.4, 0.5) is 0 Å². The Labute approximate surface area is 240 Å². The van der Waals surface area contributed by atoms with Crippen LogP contribution in [0, 0.1) is 13.8 Å². The highest BCUT2D eigenvalue weighted by atomic mass is 32.1. The maximum absolute atomic E-state index is 4.91. The number of aliphatic imine (C=N–C) groups is 4. The maximum Gasteiger partial charge on any atom is 0.202 e. The molecule has 2 aromatic heterocycles. The quantitative estimate of drug-likeness (QED) is 0.429. The molecule has 0 fully saturated rings. The zero-order valence-electron chi connectivity index (χ0n) is 24.2. The van der Waals surface area contributed by atoms with E-state index in [9.17, 15) is 0 Å². The summed E-state index contributed by atoms with van der Waals surface area (Å²) < 4.78 is 0. The van der Waals surface area contributed by atoms with Gasteiger partial charge in [-0.05, 0) is 57.9 Å². The van der Waals surface area contributed by atoms with E-state index in [4.69, 9.17) is 15.0 Å². The molecule has 2 aliphatic heterocycles. The van der Waals surface area contributed by atoms with Crippen LogP contribution < -0.4 is 16.0 Å². The molecule has 0 saturated carbocycles. The zero-order valence-corrected chi connectivity index (χ0v) is 25.8. The molecule has 2 aromatic rings. The third-order valence-electron chi connectivity index (χ3n) is 6.31. The predicted molar refractivity (Wildman–Crippen MR) is 166 cm³/mol. The first-order valence-corrected chi connectivity index (χ1v) is 15.1. The Bertz CT molecular complexity index is 1220. The molecule has 0 saturated heterocycles. The highest BCUT2D eigenvalue weighted by molar-refractivity contribution is 7.12. The van der Waals surface area contributed by atoms with Crippen LogP contribution in [0.2, 0.25) is 0 Å². The molecule has 2 aliphatic rings. The monoisotopic (exact) mass is 570 g/mol. The minimum atomic E-state index is -0.190. The van der Waals surface area contributed by atoms with Gasteiger partial charge in [0.1, 0.15) is 12.3 Å². The van der Waals surface area contributed by atoms with Crippen molar-refractivity contribution in [3.63, 3.8) is 0 Å². The molecule has 2 atom stereocenters. The van der Waals surface area contributed by atoms with Crippen molar-refractivity contribution < 1.29 is 0 Å². The summed E-state index contributed by atoms with van der Waals surface area (Å²) in [6.07, 6.45) is 2.36. The molecular weight excluding hydrogens is 529 g/mol. The lowest BCUT2D eigenvalue weighted by Gasteiger charge is -2.32. The summed E-state index contributed by atoms with van der Waals surface area (Å²) in [6, 6.07) is 8.79. The zero-order chi connectivity index (χ0) is 27.9. The Kier molecular flexibility index (Phi) is 9.84. The van der Waals surface area contributed by atoms with E-state index in [1.165, 1.54) is 19.5 Å². The molecule has 10 nitrogen and oxygen atoms in total. The Balaban J connectivity index is 1.44. The lowest BCUT2D eigenvalue weighted by atomic mass is 10.2. The summed E-state index contributed by atoms with van der Waals surface area (Å²) in [5.41, 5.74) is 0. The second kappa shape index (κ2) is 13.3. The van der Waals surface area contributed by atoms with Gasteiger partial charge in [-0.15, -0.1) is 22.7 Å². The number of nitrogens with zero attached hydrogens (tertiary/aromatic N) is 7. The van der Waals surface area contributed by atoms with Gasteiger partial charge in [0.2, 0.25) is 17.9 Å². The Morgan fingerprint density at radius 1 is 0.769 bits per heavy atom. The van der Waals surface area contributed by atoms with E-state index in [0.717, 1.165) is 62.7 Å². The van der Waals surface area contributed by atoms with Crippen molar-refractivity contribution in [2.24, 2.45) is 20.0 Å². The molecule has 0 spiro atoms. The minimum absolute atomic E-state index is 0.136. The van der Waals surface area contributed by atoms with E-state index in [1.807, 2.05) is 67.6 Å². The van der Waals surface area contributed by atoms with Crippen molar-refractivity contribution >= 4 is 46.5 Å². The van der Waals surface area contributed by atoms with Crippen LogP contribution in [0.1, 0.15) is 32.9 Å². The molecule has 0 bridgehead atoms. The molecule has 212 valence electrons. The SMILES string of the molecule is Cc1ccc(CCNC2=NC(CCN(CCc3ccc(C)s3)C3=NC(C)N=C(N(C)C)N3)N=C(N(C)C)N2)s1. The standard InChI is InChI=1S/C27H42N10S2/c1-18-8-10-21(38-18)12-15-28-24-31-23(32-26(33-24)36(6)7)14-17-37(16-13-22-11-9-19(2)39-22)27-30-20(3)29-25(34-27)35(4)5/h8-11,20,23H,12-17H2,1-7H3,(H,29,30,34)(H2,28,31,32,33). The molecule has 2 unspecified atom stereocenters. The Morgan fingerprint density at radius 3 is 2.00 bits per heavy atom. The fraction of sp³-hybridized carbons (Fsp3) is 0.556. The summed E-state index contributed by atoms with van der Waals surface area (Å²) in [7, 11) is 7.99. The predicted octanol–water partition coefficient (Wildman–Crippen LogP) is 2.92. The van der Waals surface area contributed by atoms with Gasteiger partial charge in [-0.2, -0.15) is 0 Å². The number of thiophene rings is 2. The van der Waals surface area contributed by atoms with E-state index in [2.05, 4.69) is 64.0 Å². The summed E-state index contributed by atoms with van der Waals surface area (Å²) in [5, 5.41) is 10.3. The Morgan fingerprint density at radius 2 is 1.38 bits per heavy atom. The second-order valence-corrected chi connectivity index (χ2v) is 13.0. The summed E-state index contributed by atoms with van der Waals surface area (Å²) >= 11 is 3.70. The number of hydrogen-bond donors (Lipinski definition) is 3. The number of guanidine groups is 4. The molecule has 0 radical (unpaired) electrons. The Hall–Kier alpha value is -3.12. The summed E-state index contributed by atoms with van der Waals surface area (Å²) in [4.78, 5) is 31.0. The van der Waals surface area contributed by atoms with Crippen LogP contribution in [0.5, 0.6) is 0 Å². The van der Waals surface area contributed by atoms with Gasteiger partial charge >= 0.3 is 0 Å². The van der Waals surface area contributed by atoms with Crippen molar-refractivity contribution in [3.8, 4) is 0 Å². The first kappa shape index (κ1) is 28.9. The first-order chi connectivity index (χ1) is 18.7. The number of nitrogens with one attached hydrogen (secondary N) is 3. The summed E-state index contributed by atoms with van der Waals surface area (Å²) in [5.74, 6) is 3.27. The third kappa shape index (κ3) is 8.43. The van der Waals surface area contributed by atoms with Crippen molar-refractivity contribution in [2.75, 3.05) is 47.8 Å². The van der Waals surface area contributed by atoms with Crippen molar-refractivity contribution in [1.82, 2.24) is 30.7 Å². The van der Waals surface area contributed by atoms with Crippen LogP contribution in [-0.4, -0.2) is 98.7 Å². The normalized spacial score (nSPS) is 18.7. The second-order valence-electron chi connectivity index (χ2n) is 10.2. The van der Waals surface area contributed by atoms with Gasteiger partial charge in [0.05, 0.1) is 0 Å². The molecule has 0 amide bonds. The minimum Gasteiger partial charge on any atom is -0.356 e. The molecule has 0 aromatic carbocycles. The summed E-state index contributed by atoms with van der Waals surface area (Å²) in [6.45, 7) is 8.75. The smallest absolute Gasteiger partial charge is 0.202 e. The largest absolute Gasteiger partial charge is 0.356 e. The molecule has 4 heterocycles. The van der Waals surface area contributed by atoms with Crippen molar-refractivity contribution in [1.29, 1.82) is 0 Å².